The molecule has 0 spiro atoms. The highest BCUT2D eigenvalue weighted by Crippen LogP contribution is 2.21. The van der Waals surface area contributed by atoms with Crippen LogP contribution in [0.5, 0.6) is 0 Å². The summed E-state index contributed by atoms with van der Waals surface area (Å²) >= 11 is 0. The Morgan fingerprint density at radius 2 is 2.10 bits per heavy atom. The summed E-state index contributed by atoms with van der Waals surface area (Å²) in [6.45, 7) is 0.344. The second-order valence-corrected chi connectivity index (χ2v) is 4.92. The maximum Gasteiger partial charge on any atom is 0.319 e. The van der Waals surface area contributed by atoms with E-state index in [9.17, 15) is 9.59 Å². The average molecular weight is 277 g/mol. The number of aryl methyl sites for hydroxylation is 2. The number of aliphatic carboxylic acids is 1. The Hall–Kier alpha value is -2.11. The van der Waals surface area contributed by atoms with Crippen LogP contribution in [-0.4, -0.2) is 28.6 Å². The smallest absolute Gasteiger partial charge is 0.319 e. The van der Waals surface area contributed by atoms with Crippen LogP contribution < -0.4 is 10.6 Å². The van der Waals surface area contributed by atoms with Gasteiger partial charge < -0.3 is 15.7 Å². The molecule has 0 saturated carbocycles. The van der Waals surface area contributed by atoms with Crippen molar-refractivity contribution in [3.05, 3.63) is 23.5 Å². The number of amides is 2. The largest absolute Gasteiger partial charge is 0.481 e. The van der Waals surface area contributed by atoms with Crippen molar-refractivity contribution in [3.63, 3.8) is 0 Å². The van der Waals surface area contributed by atoms with Gasteiger partial charge in [-0.3, -0.25) is 9.78 Å². The van der Waals surface area contributed by atoms with E-state index >= 15 is 0 Å². The molecule has 1 aliphatic rings. The molecule has 6 nitrogen and oxygen atoms in total. The predicted octanol–water partition coefficient (Wildman–Crippen LogP) is 1.95. The minimum Gasteiger partial charge on any atom is -0.481 e. The number of carbonyl (C=O) groups is 2. The number of aromatic nitrogens is 1. The van der Waals surface area contributed by atoms with Crippen molar-refractivity contribution in [1.82, 2.24) is 10.3 Å². The predicted molar refractivity (Wildman–Crippen MR) is 74.8 cm³/mol. The zero-order chi connectivity index (χ0) is 14.4. The molecular weight excluding hydrogens is 258 g/mol. The van der Waals surface area contributed by atoms with Crippen LogP contribution >= 0.6 is 0 Å². The molecule has 6 heteroatoms. The van der Waals surface area contributed by atoms with Crippen molar-refractivity contribution in [3.8, 4) is 0 Å². The third-order valence-corrected chi connectivity index (χ3v) is 3.28. The van der Waals surface area contributed by atoms with Crippen LogP contribution in [-0.2, 0) is 17.6 Å². The molecule has 1 aromatic rings. The summed E-state index contributed by atoms with van der Waals surface area (Å²) < 4.78 is 0. The summed E-state index contributed by atoms with van der Waals surface area (Å²) in [5.74, 6) is -0.855. The standard InChI is InChI=1S/C14H19N3O3/c18-13(19)6-3-7-15-14(20)17-11-8-10-4-1-2-5-12(10)16-9-11/h8-9H,1-7H2,(H,18,19)(H2,15,17,20). The monoisotopic (exact) mass is 277 g/mol. The Kier molecular flexibility index (Phi) is 4.92. The van der Waals surface area contributed by atoms with E-state index in [1.807, 2.05) is 6.07 Å². The molecule has 0 aromatic carbocycles. The normalized spacial score (nSPS) is 13.4. The maximum atomic E-state index is 11.6. The molecule has 1 aromatic heterocycles. The molecule has 20 heavy (non-hydrogen) atoms. The summed E-state index contributed by atoms with van der Waals surface area (Å²) in [7, 11) is 0. The number of carboxylic acids is 1. The van der Waals surface area contributed by atoms with Crippen LogP contribution in [0.4, 0.5) is 10.5 Å². The average Bonchev–Trinajstić information content (AvgIpc) is 2.43. The van der Waals surface area contributed by atoms with Crippen LogP contribution in [0.15, 0.2) is 12.3 Å². The molecular formula is C14H19N3O3. The first-order chi connectivity index (χ1) is 9.65. The Bertz CT molecular complexity index is 502. The molecule has 2 amide bonds. The van der Waals surface area contributed by atoms with Crippen molar-refractivity contribution in [2.24, 2.45) is 0 Å². The topological polar surface area (TPSA) is 91.3 Å². The quantitative estimate of drug-likeness (QED) is 0.717. The van der Waals surface area contributed by atoms with Gasteiger partial charge in [-0.15, -0.1) is 0 Å². The van der Waals surface area contributed by atoms with Gasteiger partial charge in [0.2, 0.25) is 0 Å². The fourth-order valence-electron chi connectivity index (χ4n) is 2.27. The number of nitrogens with one attached hydrogen (secondary N) is 2. The number of hydrogen-bond acceptors (Lipinski definition) is 3. The molecule has 3 N–H and O–H groups in total. The van der Waals surface area contributed by atoms with E-state index in [4.69, 9.17) is 5.11 Å². The third-order valence-electron chi connectivity index (χ3n) is 3.28. The highest BCUT2D eigenvalue weighted by atomic mass is 16.4. The van der Waals surface area contributed by atoms with E-state index < -0.39 is 5.97 Å². The Labute approximate surface area is 117 Å². The van der Waals surface area contributed by atoms with Gasteiger partial charge in [-0.05, 0) is 43.7 Å². The number of hydrogen-bond donors (Lipinski definition) is 3. The molecule has 0 radical (unpaired) electrons. The minimum absolute atomic E-state index is 0.0562. The van der Waals surface area contributed by atoms with Crippen molar-refractivity contribution in [2.75, 3.05) is 11.9 Å². The van der Waals surface area contributed by atoms with E-state index in [0.717, 1.165) is 18.5 Å². The number of nitrogens with zero attached hydrogens (tertiary/aromatic N) is 1. The van der Waals surface area contributed by atoms with E-state index in [0.29, 0.717) is 18.7 Å². The number of fused-ring (bicyclic) bond motifs is 1. The molecule has 0 unspecified atom stereocenters. The van der Waals surface area contributed by atoms with Crippen molar-refractivity contribution in [1.29, 1.82) is 0 Å². The van der Waals surface area contributed by atoms with Crippen LogP contribution in [0.2, 0.25) is 0 Å². The fraction of sp³-hybridized carbons (Fsp3) is 0.500. The first kappa shape index (κ1) is 14.3. The first-order valence-electron chi connectivity index (χ1n) is 6.89. The van der Waals surface area contributed by atoms with Gasteiger partial charge in [-0.2, -0.15) is 0 Å². The van der Waals surface area contributed by atoms with Crippen LogP contribution in [0.1, 0.15) is 36.9 Å². The van der Waals surface area contributed by atoms with Crippen molar-refractivity contribution in [2.45, 2.75) is 38.5 Å². The number of carbonyl (C=O) groups excluding carboxylic acids is 1. The van der Waals surface area contributed by atoms with Gasteiger partial charge in [-0.25, -0.2) is 4.79 Å². The molecule has 0 saturated heterocycles. The molecule has 0 fully saturated rings. The maximum absolute atomic E-state index is 11.6. The van der Waals surface area contributed by atoms with E-state index in [1.54, 1.807) is 6.20 Å². The van der Waals surface area contributed by atoms with E-state index in [2.05, 4.69) is 15.6 Å². The third kappa shape index (κ3) is 4.22. The zero-order valence-electron chi connectivity index (χ0n) is 11.3. The van der Waals surface area contributed by atoms with Crippen molar-refractivity contribution < 1.29 is 14.7 Å². The highest BCUT2D eigenvalue weighted by Gasteiger charge is 2.11. The van der Waals surface area contributed by atoms with Crippen LogP contribution in [0.25, 0.3) is 0 Å². The fourth-order valence-corrected chi connectivity index (χ4v) is 2.27. The van der Waals surface area contributed by atoms with Crippen LogP contribution in [0.3, 0.4) is 0 Å². The summed E-state index contributed by atoms with van der Waals surface area (Å²) in [5, 5.41) is 13.8. The summed E-state index contributed by atoms with van der Waals surface area (Å²) in [4.78, 5) is 26.3. The lowest BCUT2D eigenvalue weighted by molar-refractivity contribution is -0.137. The van der Waals surface area contributed by atoms with Gasteiger partial charge in [0.25, 0.3) is 0 Å². The second-order valence-electron chi connectivity index (χ2n) is 4.92. The first-order valence-corrected chi connectivity index (χ1v) is 6.89. The lowest BCUT2D eigenvalue weighted by Crippen LogP contribution is -2.30. The lowest BCUT2D eigenvalue weighted by Gasteiger charge is -2.15. The van der Waals surface area contributed by atoms with Gasteiger partial charge in [-0.1, -0.05) is 0 Å². The van der Waals surface area contributed by atoms with E-state index in [-0.39, 0.29) is 12.5 Å². The number of pyridine rings is 1. The van der Waals surface area contributed by atoms with Gasteiger partial charge in [0, 0.05) is 18.7 Å². The van der Waals surface area contributed by atoms with Gasteiger partial charge in [0.1, 0.15) is 0 Å². The molecule has 108 valence electrons. The molecule has 0 aliphatic heterocycles. The summed E-state index contributed by atoms with van der Waals surface area (Å²) in [6.07, 6.45) is 6.51. The van der Waals surface area contributed by atoms with Gasteiger partial charge in [0.15, 0.2) is 0 Å². The Morgan fingerprint density at radius 1 is 1.30 bits per heavy atom. The number of rotatable bonds is 5. The molecule has 0 atom stereocenters. The summed E-state index contributed by atoms with van der Waals surface area (Å²) in [6, 6.07) is 1.64. The number of urea groups is 1. The van der Waals surface area contributed by atoms with E-state index in [1.165, 1.54) is 18.4 Å². The van der Waals surface area contributed by atoms with Crippen molar-refractivity contribution >= 4 is 17.7 Å². The SMILES string of the molecule is O=C(O)CCCNC(=O)Nc1cnc2c(c1)CCCC2. The zero-order valence-corrected chi connectivity index (χ0v) is 11.3. The molecule has 1 heterocycles. The van der Waals surface area contributed by atoms with Gasteiger partial charge >= 0.3 is 12.0 Å². The lowest BCUT2D eigenvalue weighted by atomic mass is 9.96. The highest BCUT2D eigenvalue weighted by molar-refractivity contribution is 5.89. The number of anilines is 1. The second kappa shape index (κ2) is 6.88. The van der Waals surface area contributed by atoms with Crippen LogP contribution in [0, 0.1) is 0 Å². The molecule has 1 aliphatic carbocycles. The number of carboxylic acid groups (broad SMARTS) is 1. The minimum atomic E-state index is -0.855. The molecule has 0 bridgehead atoms. The molecule has 2 rings (SSSR count). The van der Waals surface area contributed by atoms with Gasteiger partial charge in [0.05, 0.1) is 11.9 Å². The summed E-state index contributed by atoms with van der Waals surface area (Å²) in [5.41, 5.74) is 3.02. The Morgan fingerprint density at radius 3 is 2.90 bits per heavy atom. The Balaban J connectivity index is 1.80.